The zero-order valence-corrected chi connectivity index (χ0v) is 10.5. The second kappa shape index (κ2) is 5.14. The van der Waals surface area contributed by atoms with Crippen LogP contribution in [-0.2, 0) is 0 Å². The molecular weight excluding hydrogens is 220 g/mol. The number of aliphatic hydroxyl groups is 1. The lowest BCUT2D eigenvalue weighted by Crippen LogP contribution is -2.42. The van der Waals surface area contributed by atoms with Gasteiger partial charge in [-0.3, -0.25) is 0 Å². The third-order valence-corrected chi connectivity index (χ3v) is 1.92. The molecule has 0 fully saturated rings. The summed E-state index contributed by atoms with van der Waals surface area (Å²) < 4.78 is 5.01. The van der Waals surface area contributed by atoms with Crippen LogP contribution in [-0.4, -0.2) is 21.7 Å². The maximum atomic E-state index is 11.5. The lowest BCUT2D eigenvalue weighted by atomic mass is 10.1. The highest BCUT2D eigenvalue weighted by atomic mass is 16.6. The van der Waals surface area contributed by atoms with Gasteiger partial charge in [0.05, 0.1) is 6.10 Å². The number of nitrogens with one attached hydrogen (secondary N) is 1. The first-order valence-corrected chi connectivity index (χ1v) is 5.42. The van der Waals surface area contributed by atoms with Gasteiger partial charge in [-0.15, -0.1) is 0 Å². The summed E-state index contributed by atoms with van der Waals surface area (Å²) in [6, 6.07) is 3.20. The van der Waals surface area contributed by atoms with Crippen LogP contribution >= 0.6 is 0 Å². The standard InChI is InChI=1S/C12H18N2O3/c1-8(15)9-5-6-13-10(7-9)17-11(16)14-12(2,3)4/h5-8,15H,1-4H3,(H,14,16)/t8-/m0/s1. The fourth-order valence-electron chi connectivity index (χ4n) is 1.17. The number of carbonyl (C=O) groups excluding carboxylic acids is 1. The summed E-state index contributed by atoms with van der Waals surface area (Å²) in [5, 5.41) is 12.0. The minimum Gasteiger partial charge on any atom is -0.391 e. The number of pyridine rings is 1. The van der Waals surface area contributed by atoms with Crippen molar-refractivity contribution < 1.29 is 14.6 Å². The third-order valence-electron chi connectivity index (χ3n) is 1.92. The number of nitrogens with zero attached hydrogens (tertiary/aromatic N) is 1. The molecule has 0 radical (unpaired) electrons. The minimum absolute atomic E-state index is 0.171. The Bertz CT molecular complexity index is 397. The van der Waals surface area contributed by atoms with Crippen LogP contribution in [0.25, 0.3) is 0 Å². The monoisotopic (exact) mass is 238 g/mol. The molecule has 0 spiro atoms. The molecule has 0 saturated heterocycles. The van der Waals surface area contributed by atoms with E-state index in [4.69, 9.17) is 4.74 Å². The van der Waals surface area contributed by atoms with E-state index in [-0.39, 0.29) is 11.4 Å². The topological polar surface area (TPSA) is 71.5 Å². The molecule has 5 nitrogen and oxygen atoms in total. The van der Waals surface area contributed by atoms with E-state index in [0.29, 0.717) is 5.56 Å². The van der Waals surface area contributed by atoms with Crippen LogP contribution in [0.3, 0.4) is 0 Å². The van der Waals surface area contributed by atoms with Gasteiger partial charge in [0, 0.05) is 17.8 Å². The second-order valence-electron chi connectivity index (χ2n) is 4.87. The van der Waals surface area contributed by atoms with E-state index in [2.05, 4.69) is 10.3 Å². The van der Waals surface area contributed by atoms with Crippen molar-refractivity contribution in [2.75, 3.05) is 0 Å². The van der Waals surface area contributed by atoms with Crippen molar-refractivity contribution in [2.24, 2.45) is 0 Å². The van der Waals surface area contributed by atoms with Gasteiger partial charge >= 0.3 is 6.09 Å². The molecular formula is C12H18N2O3. The van der Waals surface area contributed by atoms with Crippen LogP contribution in [0.5, 0.6) is 5.88 Å². The number of aliphatic hydroxyl groups excluding tert-OH is 1. The Hall–Kier alpha value is -1.62. The highest BCUT2D eigenvalue weighted by Crippen LogP contribution is 2.16. The van der Waals surface area contributed by atoms with Crippen molar-refractivity contribution in [3.8, 4) is 5.88 Å². The van der Waals surface area contributed by atoms with E-state index in [0.717, 1.165) is 0 Å². The quantitative estimate of drug-likeness (QED) is 0.826. The summed E-state index contributed by atoms with van der Waals surface area (Å²) in [6.07, 6.45) is 0.306. The van der Waals surface area contributed by atoms with E-state index in [9.17, 15) is 9.90 Å². The minimum atomic E-state index is -0.619. The van der Waals surface area contributed by atoms with Crippen molar-refractivity contribution >= 4 is 6.09 Å². The van der Waals surface area contributed by atoms with Gasteiger partial charge in [0.15, 0.2) is 0 Å². The number of amides is 1. The molecule has 5 heteroatoms. The molecule has 1 aromatic heterocycles. The van der Waals surface area contributed by atoms with Gasteiger partial charge < -0.3 is 15.2 Å². The predicted octanol–water partition coefficient (Wildman–Crippen LogP) is 2.02. The summed E-state index contributed by atoms with van der Waals surface area (Å²) in [4.78, 5) is 15.4. The Labute approximate surface area is 101 Å². The molecule has 2 N–H and O–H groups in total. The summed E-state index contributed by atoms with van der Waals surface area (Å²) in [5.41, 5.74) is 0.289. The molecule has 0 bridgehead atoms. The normalized spacial score (nSPS) is 13.0. The molecule has 0 aromatic carbocycles. The molecule has 0 unspecified atom stereocenters. The molecule has 0 aliphatic carbocycles. The Morgan fingerprint density at radius 3 is 2.71 bits per heavy atom. The average Bonchev–Trinajstić information content (AvgIpc) is 2.14. The van der Waals surface area contributed by atoms with Crippen molar-refractivity contribution in [1.29, 1.82) is 0 Å². The largest absolute Gasteiger partial charge is 0.414 e. The van der Waals surface area contributed by atoms with Crippen molar-refractivity contribution in [3.63, 3.8) is 0 Å². The fraction of sp³-hybridized carbons (Fsp3) is 0.500. The molecule has 1 rings (SSSR count). The number of hydrogen-bond donors (Lipinski definition) is 2. The number of rotatable bonds is 2. The van der Waals surface area contributed by atoms with Crippen LogP contribution in [0.4, 0.5) is 4.79 Å². The van der Waals surface area contributed by atoms with Gasteiger partial charge in [0.25, 0.3) is 0 Å². The lowest BCUT2D eigenvalue weighted by Gasteiger charge is -2.19. The van der Waals surface area contributed by atoms with Crippen molar-refractivity contribution in [2.45, 2.75) is 39.3 Å². The van der Waals surface area contributed by atoms with Crippen LogP contribution in [0.15, 0.2) is 18.3 Å². The zero-order valence-electron chi connectivity index (χ0n) is 10.5. The molecule has 1 atom stereocenters. The molecule has 0 saturated carbocycles. The molecule has 1 heterocycles. The number of ether oxygens (including phenoxy) is 1. The highest BCUT2D eigenvalue weighted by Gasteiger charge is 2.16. The van der Waals surface area contributed by atoms with E-state index in [1.54, 1.807) is 13.0 Å². The number of carbonyl (C=O) groups is 1. The molecule has 0 aliphatic heterocycles. The maximum Gasteiger partial charge on any atom is 0.414 e. The number of hydrogen-bond acceptors (Lipinski definition) is 4. The predicted molar refractivity (Wildman–Crippen MR) is 63.8 cm³/mol. The SMILES string of the molecule is C[C@H](O)c1ccnc(OC(=O)NC(C)(C)C)c1. The Balaban J connectivity index is 2.69. The number of aromatic nitrogens is 1. The Morgan fingerprint density at radius 1 is 1.53 bits per heavy atom. The van der Waals surface area contributed by atoms with Gasteiger partial charge in [-0.05, 0) is 39.3 Å². The van der Waals surface area contributed by atoms with Gasteiger partial charge in [-0.25, -0.2) is 9.78 Å². The molecule has 0 aliphatic rings. The van der Waals surface area contributed by atoms with E-state index >= 15 is 0 Å². The summed E-state index contributed by atoms with van der Waals surface area (Å²) in [7, 11) is 0. The van der Waals surface area contributed by atoms with Crippen LogP contribution in [0.2, 0.25) is 0 Å². The van der Waals surface area contributed by atoms with Gasteiger partial charge in [0.2, 0.25) is 5.88 Å². The fourth-order valence-corrected chi connectivity index (χ4v) is 1.17. The molecule has 1 amide bonds. The van der Waals surface area contributed by atoms with E-state index in [1.165, 1.54) is 12.3 Å². The Kier molecular flexibility index (Phi) is 4.07. The highest BCUT2D eigenvalue weighted by molar-refractivity contribution is 5.70. The average molecular weight is 238 g/mol. The Morgan fingerprint density at radius 2 is 2.18 bits per heavy atom. The summed E-state index contributed by atoms with van der Waals surface area (Å²) in [5.74, 6) is 0.171. The van der Waals surface area contributed by atoms with E-state index < -0.39 is 12.2 Å². The third kappa shape index (κ3) is 4.82. The smallest absolute Gasteiger partial charge is 0.391 e. The van der Waals surface area contributed by atoms with Crippen LogP contribution in [0.1, 0.15) is 39.4 Å². The lowest BCUT2D eigenvalue weighted by molar-refractivity contribution is 0.186. The summed E-state index contributed by atoms with van der Waals surface area (Å²) >= 11 is 0. The van der Waals surface area contributed by atoms with Crippen molar-refractivity contribution in [1.82, 2.24) is 10.3 Å². The van der Waals surface area contributed by atoms with Gasteiger partial charge in [-0.2, -0.15) is 0 Å². The first kappa shape index (κ1) is 13.4. The van der Waals surface area contributed by atoms with Crippen LogP contribution in [0, 0.1) is 0 Å². The first-order valence-electron chi connectivity index (χ1n) is 5.42. The maximum absolute atomic E-state index is 11.5. The van der Waals surface area contributed by atoms with Crippen LogP contribution < -0.4 is 10.1 Å². The van der Waals surface area contributed by atoms with E-state index in [1.807, 2.05) is 20.8 Å². The first-order chi connectivity index (χ1) is 7.78. The van der Waals surface area contributed by atoms with Crippen molar-refractivity contribution in [3.05, 3.63) is 23.9 Å². The zero-order chi connectivity index (χ0) is 13.1. The summed E-state index contributed by atoms with van der Waals surface area (Å²) in [6.45, 7) is 7.20. The second-order valence-corrected chi connectivity index (χ2v) is 4.87. The molecule has 17 heavy (non-hydrogen) atoms. The van der Waals surface area contributed by atoms with Gasteiger partial charge in [-0.1, -0.05) is 0 Å². The molecule has 1 aromatic rings. The molecule has 94 valence electrons. The van der Waals surface area contributed by atoms with Gasteiger partial charge in [0.1, 0.15) is 0 Å².